The minimum absolute atomic E-state index is 0. The molecular formula is C20H25Cl3N2S. The van der Waals surface area contributed by atoms with Gasteiger partial charge in [0.15, 0.2) is 0 Å². The van der Waals surface area contributed by atoms with Gasteiger partial charge in [-0.2, -0.15) is 0 Å². The second-order valence-electron chi connectivity index (χ2n) is 5.92. The van der Waals surface area contributed by atoms with Gasteiger partial charge in [0.1, 0.15) is 0 Å². The lowest BCUT2D eigenvalue weighted by Gasteiger charge is -2.35. The van der Waals surface area contributed by atoms with E-state index in [1.807, 2.05) is 18.2 Å². The fourth-order valence-corrected chi connectivity index (χ4v) is 4.22. The van der Waals surface area contributed by atoms with E-state index in [9.17, 15) is 0 Å². The summed E-state index contributed by atoms with van der Waals surface area (Å²) in [5.41, 5.74) is 1.39. The highest BCUT2D eigenvalue weighted by molar-refractivity contribution is 7.99. The Morgan fingerprint density at radius 2 is 1.73 bits per heavy atom. The first-order valence-electron chi connectivity index (χ1n) is 8.36. The third-order valence-corrected chi connectivity index (χ3v) is 5.65. The van der Waals surface area contributed by atoms with Gasteiger partial charge in [-0.05, 0) is 42.3 Å². The van der Waals surface area contributed by atoms with Crippen LogP contribution in [0.3, 0.4) is 0 Å². The second kappa shape index (κ2) is 11.9. The smallest absolute Gasteiger partial charge is 0.0406 e. The van der Waals surface area contributed by atoms with E-state index in [1.54, 1.807) is 11.8 Å². The van der Waals surface area contributed by atoms with Crippen LogP contribution in [0, 0.1) is 0 Å². The largest absolute Gasteiger partial charge is 0.314 e. The first kappa shape index (κ1) is 23.4. The van der Waals surface area contributed by atoms with Crippen molar-refractivity contribution < 1.29 is 0 Å². The molecule has 0 bridgehead atoms. The van der Waals surface area contributed by atoms with Crippen LogP contribution >= 0.6 is 48.2 Å². The summed E-state index contributed by atoms with van der Waals surface area (Å²) in [5, 5.41) is 4.21. The highest BCUT2D eigenvalue weighted by atomic mass is 35.5. The minimum atomic E-state index is 0. The van der Waals surface area contributed by atoms with Gasteiger partial charge < -0.3 is 5.32 Å². The Morgan fingerprint density at radius 1 is 1.08 bits per heavy atom. The van der Waals surface area contributed by atoms with Gasteiger partial charge in [-0.15, -0.1) is 31.4 Å². The number of rotatable bonds is 6. The number of halogens is 3. The predicted molar refractivity (Wildman–Crippen MR) is 119 cm³/mol. The zero-order valence-corrected chi connectivity index (χ0v) is 17.8. The first-order chi connectivity index (χ1) is 11.8. The van der Waals surface area contributed by atoms with Crippen molar-refractivity contribution >= 4 is 48.2 Å². The Kier molecular flexibility index (Phi) is 10.7. The van der Waals surface area contributed by atoms with E-state index in [2.05, 4.69) is 53.2 Å². The molecule has 2 aromatic rings. The van der Waals surface area contributed by atoms with Gasteiger partial charge in [0.25, 0.3) is 0 Å². The maximum absolute atomic E-state index is 6.01. The maximum atomic E-state index is 6.01. The monoisotopic (exact) mass is 430 g/mol. The Labute approximate surface area is 178 Å². The average Bonchev–Trinajstić information content (AvgIpc) is 2.63. The highest BCUT2D eigenvalue weighted by Crippen LogP contribution is 2.37. The quantitative estimate of drug-likeness (QED) is 0.577. The molecule has 1 atom stereocenters. The Morgan fingerprint density at radius 3 is 2.38 bits per heavy atom. The lowest BCUT2D eigenvalue weighted by Crippen LogP contribution is -2.45. The van der Waals surface area contributed by atoms with Crippen LogP contribution in [0.2, 0.25) is 5.02 Å². The fourth-order valence-electron chi connectivity index (χ4n) is 3.10. The van der Waals surface area contributed by atoms with E-state index < -0.39 is 0 Å². The van der Waals surface area contributed by atoms with E-state index in [-0.39, 0.29) is 24.8 Å². The molecule has 1 fully saturated rings. The molecule has 2 aromatic carbocycles. The molecule has 3 rings (SSSR count). The summed E-state index contributed by atoms with van der Waals surface area (Å²) in [4.78, 5) is 5.09. The van der Waals surface area contributed by atoms with E-state index in [0.29, 0.717) is 6.04 Å². The second-order valence-corrected chi connectivity index (χ2v) is 7.47. The van der Waals surface area contributed by atoms with Gasteiger partial charge in [-0.3, -0.25) is 4.90 Å². The molecule has 1 saturated heterocycles. The molecule has 1 N–H and O–H groups in total. The van der Waals surface area contributed by atoms with Crippen molar-refractivity contribution in [1.82, 2.24) is 10.2 Å². The lowest BCUT2D eigenvalue weighted by atomic mass is 10.0. The number of piperazine rings is 1. The van der Waals surface area contributed by atoms with Crippen molar-refractivity contribution in [2.75, 3.05) is 26.2 Å². The molecule has 0 spiro atoms. The summed E-state index contributed by atoms with van der Waals surface area (Å²) in [7, 11) is 0. The van der Waals surface area contributed by atoms with Crippen molar-refractivity contribution in [3.05, 3.63) is 71.8 Å². The van der Waals surface area contributed by atoms with Crippen LogP contribution in [0.5, 0.6) is 0 Å². The molecule has 1 aliphatic heterocycles. The van der Waals surface area contributed by atoms with Crippen LogP contribution in [0.1, 0.15) is 18.0 Å². The van der Waals surface area contributed by atoms with Crippen LogP contribution in [-0.2, 0) is 0 Å². The van der Waals surface area contributed by atoms with Gasteiger partial charge >= 0.3 is 0 Å². The minimum Gasteiger partial charge on any atom is -0.314 e. The van der Waals surface area contributed by atoms with Crippen LogP contribution in [0.25, 0.3) is 0 Å². The van der Waals surface area contributed by atoms with Crippen molar-refractivity contribution in [3.8, 4) is 0 Å². The van der Waals surface area contributed by atoms with Crippen LogP contribution in [-0.4, -0.2) is 31.1 Å². The summed E-state index contributed by atoms with van der Waals surface area (Å²) in [6, 6.07) is 17.2. The summed E-state index contributed by atoms with van der Waals surface area (Å²) >= 11 is 7.81. The zero-order chi connectivity index (χ0) is 16.8. The first-order valence-corrected chi connectivity index (χ1v) is 9.55. The van der Waals surface area contributed by atoms with Gasteiger partial charge in [0.2, 0.25) is 0 Å². The van der Waals surface area contributed by atoms with Gasteiger partial charge in [-0.25, -0.2) is 0 Å². The molecule has 0 aromatic heterocycles. The molecule has 142 valence electrons. The van der Waals surface area contributed by atoms with E-state index in [0.717, 1.165) is 37.6 Å². The van der Waals surface area contributed by atoms with E-state index in [1.165, 1.54) is 15.4 Å². The normalized spacial score (nSPS) is 15.4. The standard InChI is InChI=1S/C20H23ClN2S.2ClH/c1-2-5-19(23-14-12-22-13-15-23)18-6-3-4-7-20(18)24-17-10-8-16(21)9-11-17;;/h2-4,6-11,19,22H,1,5,12-15H2;2*1H/t19-;;/m0../s1. The molecule has 0 amide bonds. The summed E-state index contributed by atoms with van der Waals surface area (Å²) in [5.74, 6) is 0. The molecular weight excluding hydrogens is 407 g/mol. The fraction of sp³-hybridized carbons (Fsp3) is 0.300. The third kappa shape index (κ3) is 6.19. The topological polar surface area (TPSA) is 15.3 Å². The number of hydrogen-bond acceptors (Lipinski definition) is 3. The molecule has 0 radical (unpaired) electrons. The Bertz CT molecular complexity index is 673. The van der Waals surface area contributed by atoms with E-state index >= 15 is 0 Å². The van der Waals surface area contributed by atoms with Gasteiger partial charge in [0, 0.05) is 47.0 Å². The highest BCUT2D eigenvalue weighted by Gasteiger charge is 2.23. The Hall–Kier alpha value is -0.680. The SMILES string of the molecule is C=CC[C@@H](c1ccccc1Sc1ccc(Cl)cc1)N1CCNCC1.Cl.Cl. The molecule has 0 saturated carbocycles. The molecule has 6 heteroatoms. The van der Waals surface area contributed by atoms with Gasteiger partial charge in [0.05, 0.1) is 0 Å². The van der Waals surface area contributed by atoms with Crippen molar-refractivity contribution in [2.45, 2.75) is 22.3 Å². The predicted octanol–water partition coefficient (Wildman–Crippen LogP) is 5.86. The van der Waals surface area contributed by atoms with Crippen LogP contribution in [0.4, 0.5) is 0 Å². The van der Waals surface area contributed by atoms with E-state index in [4.69, 9.17) is 11.6 Å². The van der Waals surface area contributed by atoms with Gasteiger partial charge in [-0.1, -0.05) is 47.6 Å². The molecule has 26 heavy (non-hydrogen) atoms. The number of nitrogens with one attached hydrogen (secondary N) is 1. The summed E-state index contributed by atoms with van der Waals surface area (Å²) in [6.45, 7) is 8.26. The number of benzene rings is 2. The molecule has 2 nitrogen and oxygen atoms in total. The van der Waals surface area contributed by atoms with Crippen molar-refractivity contribution in [3.63, 3.8) is 0 Å². The zero-order valence-electron chi connectivity index (χ0n) is 14.6. The van der Waals surface area contributed by atoms with Crippen LogP contribution in [0.15, 0.2) is 71.0 Å². The molecule has 0 unspecified atom stereocenters. The molecule has 0 aliphatic carbocycles. The summed E-state index contributed by atoms with van der Waals surface area (Å²) < 4.78 is 0. The third-order valence-electron chi connectivity index (χ3n) is 4.30. The Balaban J connectivity index is 0.00000169. The summed E-state index contributed by atoms with van der Waals surface area (Å²) in [6.07, 6.45) is 3.01. The van der Waals surface area contributed by atoms with Crippen molar-refractivity contribution in [1.29, 1.82) is 0 Å². The molecule has 1 aliphatic rings. The molecule has 1 heterocycles. The average molecular weight is 432 g/mol. The maximum Gasteiger partial charge on any atom is 0.0406 e. The number of hydrogen-bond donors (Lipinski definition) is 1. The lowest BCUT2D eigenvalue weighted by molar-refractivity contribution is 0.172. The van der Waals surface area contributed by atoms with Crippen molar-refractivity contribution in [2.24, 2.45) is 0 Å². The number of nitrogens with zero attached hydrogens (tertiary/aromatic N) is 1. The van der Waals surface area contributed by atoms with Crippen LogP contribution < -0.4 is 5.32 Å².